The van der Waals surface area contributed by atoms with Crippen molar-refractivity contribution in [1.29, 1.82) is 0 Å². The summed E-state index contributed by atoms with van der Waals surface area (Å²) in [5, 5.41) is 12.2. The molecule has 3 aromatic rings. The van der Waals surface area contributed by atoms with Crippen molar-refractivity contribution in [2.75, 3.05) is 5.32 Å². The van der Waals surface area contributed by atoms with Crippen molar-refractivity contribution in [1.82, 2.24) is 9.55 Å². The molecule has 2 heterocycles. The molecule has 0 fully saturated rings. The molecule has 0 atom stereocenters. The van der Waals surface area contributed by atoms with E-state index >= 15 is 0 Å². The van der Waals surface area contributed by atoms with Crippen LogP contribution in [0, 0.1) is 20.8 Å². The second kappa shape index (κ2) is 6.72. The summed E-state index contributed by atoms with van der Waals surface area (Å²) in [6.45, 7) is 5.23. The number of thiophene rings is 1. The van der Waals surface area contributed by atoms with E-state index in [1.807, 2.05) is 32.0 Å². The maximum atomic E-state index is 12.6. The van der Waals surface area contributed by atoms with Gasteiger partial charge in [0.05, 0.1) is 11.7 Å². The van der Waals surface area contributed by atoms with Crippen LogP contribution < -0.4 is 10.9 Å². The summed E-state index contributed by atoms with van der Waals surface area (Å²) in [7, 11) is 0. The van der Waals surface area contributed by atoms with Gasteiger partial charge in [-0.05, 0) is 38.0 Å². The molecule has 2 N–H and O–H groups in total. The summed E-state index contributed by atoms with van der Waals surface area (Å²) in [6.07, 6.45) is 1.27. The van der Waals surface area contributed by atoms with Crippen LogP contribution in [-0.4, -0.2) is 26.5 Å². The minimum absolute atomic E-state index is 0.0853. The van der Waals surface area contributed by atoms with Crippen LogP contribution in [0.3, 0.4) is 0 Å². The van der Waals surface area contributed by atoms with E-state index in [0.717, 1.165) is 22.5 Å². The van der Waals surface area contributed by atoms with Gasteiger partial charge in [-0.2, -0.15) is 0 Å². The van der Waals surface area contributed by atoms with Gasteiger partial charge in [0.15, 0.2) is 0 Å². The first-order valence-corrected chi connectivity index (χ1v) is 8.68. The molecule has 26 heavy (non-hydrogen) atoms. The smallest absolute Gasteiger partial charge is 0.346 e. The van der Waals surface area contributed by atoms with Gasteiger partial charge in [0.1, 0.15) is 16.3 Å². The van der Waals surface area contributed by atoms with E-state index in [9.17, 15) is 19.5 Å². The van der Waals surface area contributed by atoms with E-state index in [1.54, 1.807) is 6.92 Å². The Labute approximate surface area is 152 Å². The molecule has 8 heteroatoms. The highest BCUT2D eigenvalue weighted by atomic mass is 32.1. The quantitative estimate of drug-likeness (QED) is 0.734. The number of amides is 1. The van der Waals surface area contributed by atoms with Crippen LogP contribution in [0.25, 0.3) is 10.2 Å². The van der Waals surface area contributed by atoms with Crippen molar-refractivity contribution in [2.24, 2.45) is 0 Å². The van der Waals surface area contributed by atoms with E-state index in [1.165, 1.54) is 10.9 Å². The number of carbonyl (C=O) groups excluding carboxylic acids is 1. The number of rotatable bonds is 4. The second-order valence-corrected chi connectivity index (χ2v) is 7.08. The number of benzene rings is 1. The Bertz CT molecular complexity index is 1100. The highest BCUT2D eigenvalue weighted by Gasteiger charge is 2.19. The van der Waals surface area contributed by atoms with Crippen LogP contribution in [0.1, 0.15) is 26.4 Å². The number of carboxylic acids is 1. The lowest BCUT2D eigenvalue weighted by atomic mass is 10.1. The van der Waals surface area contributed by atoms with Crippen LogP contribution in [0.15, 0.2) is 29.3 Å². The van der Waals surface area contributed by atoms with Gasteiger partial charge in [-0.1, -0.05) is 17.7 Å². The largest absolute Gasteiger partial charge is 0.477 e. The van der Waals surface area contributed by atoms with Crippen molar-refractivity contribution in [2.45, 2.75) is 27.3 Å². The summed E-state index contributed by atoms with van der Waals surface area (Å²) in [6, 6.07) is 5.66. The molecule has 0 saturated carbocycles. The van der Waals surface area contributed by atoms with Crippen molar-refractivity contribution in [3.8, 4) is 0 Å². The van der Waals surface area contributed by atoms with E-state index < -0.39 is 11.5 Å². The lowest BCUT2D eigenvalue weighted by Crippen LogP contribution is -2.28. The fourth-order valence-electron chi connectivity index (χ4n) is 2.77. The molecular weight excluding hydrogens is 354 g/mol. The van der Waals surface area contributed by atoms with Gasteiger partial charge in [0.2, 0.25) is 5.91 Å². The zero-order valence-electron chi connectivity index (χ0n) is 14.5. The Morgan fingerprint density at radius 1 is 1.27 bits per heavy atom. The highest BCUT2D eigenvalue weighted by molar-refractivity contribution is 7.20. The van der Waals surface area contributed by atoms with Crippen molar-refractivity contribution >= 4 is 39.1 Å². The van der Waals surface area contributed by atoms with Gasteiger partial charge in [-0.25, -0.2) is 9.78 Å². The number of carbonyl (C=O) groups is 2. The van der Waals surface area contributed by atoms with E-state index in [0.29, 0.717) is 16.1 Å². The number of fused-ring (bicyclic) bond motifs is 1. The first-order chi connectivity index (χ1) is 12.3. The summed E-state index contributed by atoms with van der Waals surface area (Å²) < 4.78 is 1.19. The molecule has 2 aromatic heterocycles. The van der Waals surface area contributed by atoms with Gasteiger partial charge in [0.25, 0.3) is 5.56 Å². The van der Waals surface area contributed by atoms with Gasteiger partial charge >= 0.3 is 5.97 Å². The number of anilines is 1. The van der Waals surface area contributed by atoms with Gasteiger partial charge < -0.3 is 10.4 Å². The summed E-state index contributed by atoms with van der Waals surface area (Å²) in [5.41, 5.74) is 2.65. The fourth-order valence-corrected chi connectivity index (χ4v) is 3.75. The molecule has 0 aliphatic carbocycles. The zero-order chi connectivity index (χ0) is 19.0. The van der Waals surface area contributed by atoms with Crippen molar-refractivity contribution in [3.05, 3.63) is 56.4 Å². The minimum Gasteiger partial charge on any atom is -0.477 e. The van der Waals surface area contributed by atoms with Crippen LogP contribution >= 0.6 is 11.3 Å². The molecule has 1 amide bonds. The number of carboxylic acid groups (broad SMARTS) is 1. The molecule has 134 valence electrons. The third-order valence-electron chi connectivity index (χ3n) is 4.08. The maximum Gasteiger partial charge on any atom is 0.346 e. The molecule has 0 aliphatic heterocycles. The molecule has 1 aromatic carbocycles. The van der Waals surface area contributed by atoms with E-state index in [-0.39, 0.29) is 22.7 Å². The summed E-state index contributed by atoms with van der Waals surface area (Å²) in [4.78, 5) is 40.8. The average molecular weight is 371 g/mol. The standard InChI is InChI=1S/C18H17N3O4S/c1-9-4-5-12(10(2)6-9)20-13(22)7-21-8-19-16-14(17(21)23)11(3)15(26-16)18(24)25/h4-6,8H,7H2,1-3H3,(H,20,22)(H,24,25). The van der Waals surface area contributed by atoms with Gasteiger partial charge in [0, 0.05) is 5.69 Å². The molecule has 7 nitrogen and oxygen atoms in total. The number of hydrogen-bond acceptors (Lipinski definition) is 5. The third kappa shape index (κ3) is 3.23. The average Bonchev–Trinajstić information content (AvgIpc) is 2.91. The molecular formula is C18H17N3O4S. The third-order valence-corrected chi connectivity index (χ3v) is 5.27. The lowest BCUT2D eigenvalue weighted by molar-refractivity contribution is -0.116. The van der Waals surface area contributed by atoms with Crippen molar-refractivity contribution in [3.63, 3.8) is 0 Å². The Hall–Kier alpha value is -3.00. The number of nitrogens with one attached hydrogen (secondary N) is 1. The van der Waals surface area contributed by atoms with Crippen LogP contribution in [0.5, 0.6) is 0 Å². The Morgan fingerprint density at radius 2 is 2.00 bits per heavy atom. The van der Waals surface area contributed by atoms with E-state index in [2.05, 4.69) is 10.3 Å². The van der Waals surface area contributed by atoms with Gasteiger partial charge in [-0.15, -0.1) is 11.3 Å². The van der Waals surface area contributed by atoms with Crippen LogP contribution in [-0.2, 0) is 11.3 Å². The van der Waals surface area contributed by atoms with E-state index in [4.69, 9.17) is 0 Å². The minimum atomic E-state index is -1.09. The Morgan fingerprint density at radius 3 is 2.65 bits per heavy atom. The molecule has 0 unspecified atom stereocenters. The first-order valence-electron chi connectivity index (χ1n) is 7.87. The Balaban J connectivity index is 1.90. The fraction of sp³-hybridized carbons (Fsp3) is 0.222. The molecule has 3 rings (SSSR count). The summed E-state index contributed by atoms with van der Waals surface area (Å²) >= 11 is 0.955. The number of nitrogens with zero attached hydrogens (tertiary/aromatic N) is 2. The number of aryl methyl sites for hydroxylation is 3. The lowest BCUT2D eigenvalue weighted by Gasteiger charge is -2.10. The monoisotopic (exact) mass is 371 g/mol. The maximum absolute atomic E-state index is 12.6. The van der Waals surface area contributed by atoms with Crippen molar-refractivity contribution < 1.29 is 14.7 Å². The molecule has 0 spiro atoms. The topological polar surface area (TPSA) is 101 Å². The predicted octanol–water partition coefficient (Wildman–Crippen LogP) is 2.72. The predicted molar refractivity (Wildman–Crippen MR) is 100 cm³/mol. The molecule has 0 aliphatic rings. The normalized spacial score (nSPS) is 10.9. The number of aromatic nitrogens is 2. The van der Waals surface area contributed by atoms with Gasteiger partial charge in [-0.3, -0.25) is 14.2 Å². The zero-order valence-corrected chi connectivity index (χ0v) is 15.3. The molecule has 0 bridgehead atoms. The second-order valence-electron chi connectivity index (χ2n) is 6.09. The van der Waals surface area contributed by atoms with Crippen LogP contribution in [0.2, 0.25) is 0 Å². The SMILES string of the molecule is Cc1ccc(NC(=O)Cn2cnc3sc(C(=O)O)c(C)c3c2=O)c(C)c1. The first kappa shape index (κ1) is 17.8. The highest BCUT2D eigenvalue weighted by Crippen LogP contribution is 2.26. The number of hydrogen-bond donors (Lipinski definition) is 2. The molecule has 0 radical (unpaired) electrons. The Kier molecular flexibility index (Phi) is 4.60. The number of aromatic carboxylic acids is 1. The molecule has 0 saturated heterocycles. The van der Waals surface area contributed by atoms with Crippen LogP contribution in [0.4, 0.5) is 5.69 Å². The summed E-state index contributed by atoms with van der Waals surface area (Å²) in [5.74, 6) is -1.45.